The van der Waals surface area contributed by atoms with Crippen molar-refractivity contribution in [2.45, 2.75) is 25.2 Å². The molecule has 4 aromatic heterocycles. The number of ether oxygens (including phenoxy) is 2. The molecule has 0 aliphatic carbocycles. The summed E-state index contributed by atoms with van der Waals surface area (Å²) in [5, 5.41) is 0. The number of hydrogen-bond acceptors (Lipinski definition) is 11. The topological polar surface area (TPSA) is 138 Å². The Morgan fingerprint density at radius 2 is 1.23 bits per heavy atom. The summed E-state index contributed by atoms with van der Waals surface area (Å²) in [6.07, 6.45) is 10.1. The van der Waals surface area contributed by atoms with Crippen molar-refractivity contribution < 1.29 is 23.9 Å². The Morgan fingerprint density at radius 3 is 1.61 bits per heavy atom. The molecule has 4 unspecified atom stereocenters. The molecule has 6 rings (SSSR count). The van der Waals surface area contributed by atoms with Crippen LogP contribution in [-0.4, -0.2) is 83.9 Å². The van der Waals surface area contributed by atoms with E-state index in [0.29, 0.717) is 23.0 Å². The summed E-state index contributed by atoms with van der Waals surface area (Å²) in [4.78, 5) is 66.2. The van der Waals surface area contributed by atoms with Gasteiger partial charge in [-0.3, -0.25) is 34.2 Å². The molecule has 0 aromatic carbocycles. The van der Waals surface area contributed by atoms with E-state index in [-0.39, 0.29) is 26.2 Å². The highest BCUT2D eigenvalue weighted by Crippen LogP contribution is 2.61. The van der Waals surface area contributed by atoms with Gasteiger partial charge in [-0.15, -0.1) is 0 Å². The third-order valence-corrected chi connectivity index (χ3v) is 8.84. The quantitative estimate of drug-likeness (QED) is 0.216. The van der Waals surface area contributed by atoms with Gasteiger partial charge in [0.25, 0.3) is 0 Å². The normalized spacial score (nSPS) is 25.5. The first-order chi connectivity index (χ1) is 21.3. The van der Waals surface area contributed by atoms with Crippen molar-refractivity contribution in [3.63, 3.8) is 0 Å². The molecule has 2 bridgehead atoms. The van der Waals surface area contributed by atoms with E-state index in [1.165, 1.54) is 14.2 Å². The van der Waals surface area contributed by atoms with Crippen LogP contribution in [0.5, 0.6) is 0 Å². The first-order valence-corrected chi connectivity index (χ1v) is 14.2. The lowest BCUT2D eigenvalue weighted by Crippen LogP contribution is -2.76. The lowest BCUT2D eigenvalue weighted by Gasteiger charge is -2.60. The number of carbonyl (C=O) groups is 3. The zero-order valence-electron chi connectivity index (χ0n) is 25.0. The number of imidazole rings is 2. The molecule has 4 atom stereocenters. The van der Waals surface area contributed by atoms with Crippen LogP contribution in [0.4, 0.5) is 0 Å². The minimum Gasteiger partial charge on any atom is -0.468 e. The second-order valence-corrected chi connectivity index (χ2v) is 11.3. The molecule has 2 fully saturated rings. The van der Waals surface area contributed by atoms with Crippen molar-refractivity contribution >= 4 is 17.7 Å². The average Bonchev–Trinajstić information content (AvgIpc) is 3.66. The van der Waals surface area contributed by atoms with Gasteiger partial charge in [-0.1, -0.05) is 12.1 Å². The van der Waals surface area contributed by atoms with E-state index in [4.69, 9.17) is 9.47 Å². The Balaban J connectivity index is 1.68. The standard InChI is InChI=1S/C31H34N8O5/c1-36-15-13-34-25(36)23-30(28(41)43-3)19-38(17-21-9-5-7-11-32-21)20-31(27(30)40,29(42)44-4)24(26-35-14-16-37(26)2)39(23)18-22-10-6-8-12-33-22/h5-16,23-24H,17-20H2,1-4H3. The Labute approximate surface area is 254 Å². The average molecular weight is 599 g/mol. The van der Waals surface area contributed by atoms with E-state index in [1.807, 2.05) is 60.3 Å². The molecule has 4 aromatic rings. The number of nitrogens with zero attached hydrogens (tertiary/aromatic N) is 8. The van der Waals surface area contributed by atoms with Crippen molar-refractivity contribution in [2.75, 3.05) is 27.3 Å². The number of likely N-dealkylation sites (tertiary alicyclic amines) is 2. The molecule has 2 aliphatic heterocycles. The second-order valence-electron chi connectivity index (χ2n) is 11.3. The summed E-state index contributed by atoms with van der Waals surface area (Å²) >= 11 is 0. The van der Waals surface area contributed by atoms with Gasteiger partial charge in [0, 0.05) is 77.5 Å². The summed E-state index contributed by atoms with van der Waals surface area (Å²) < 4.78 is 14.5. The number of esters is 2. The number of Topliss-reactive ketones (excluding diaryl/α,β-unsaturated/α-hetero) is 1. The fourth-order valence-electron chi connectivity index (χ4n) is 7.05. The van der Waals surface area contributed by atoms with Crippen LogP contribution in [0.15, 0.2) is 73.6 Å². The first-order valence-electron chi connectivity index (χ1n) is 14.2. The van der Waals surface area contributed by atoms with Crippen LogP contribution >= 0.6 is 0 Å². The predicted molar refractivity (Wildman–Crippen MR) is 155 cm³/mol. The van der Waals surface area contributed by atoms with Crippen molar-refractivity contribution in [1.29, 1.82) is 0 Å². The van der Waals surface area contributed by atoms with Gasteiger partial charge in [-0.25, -0.2) is 9.97 Å². The van der Waals surface area contributed by atoms with Crippen LogP contribution in [0.2, 0.25) is 0 Å². The molecule has 13 heteroatoms. The monoisotopic (exact) mass is 598 g/mol. The Kier molecular flexibility index (Phi) is 7.59. The number of carbonyl (C=O) groups excluding carboxylic acids is 3. The Bertz CT molecular complexity index is 1590. The molecule has 0 amide bonds. The number of piperidine rings is 2. The second kappa shape index (κ2) is 11.4. The van der Waals surface area contributed by atoms with Gasteiger partial charge in [0.05, 0.1) is 37.7 Å². The molecule has 2 aliphatic rings. The van der Waals surface area contributed by atoms with Crippen LogP contribution in [0.1, 0.15) is 35.1 Å². The van der Waals surface area contributed by atoms with Crippen LogP contribution in [-0.2, 0) is 51.0 Å². The third-order valence-electron chi connectivity index (χ3n) is 8.84. The molecule has 0 spiro atoms. The molecule has 228 valence electrons. The van der Waals surface area contributed by atoms with Crippen molar-refractivity contribution in [3.05, 3.63) is 96.6 Å². The Morgan fingerprint density at radius 1 is 0.750 bits per heavy atom. The minimum atomic E-state index is -1.88. The van der Waals surface area contributed by atoms with Crippen LogP contribution in [0.3, 0.4) is 0 Å². The minimum absolute atomic E-state index is 0.0443. The summed E-state index contributed by atoms with van der Waals surface area (Å²) in [6, 6.07) is 9.13. The molecule has 0 saturated carbocycles. The van der Waals surface area contributed by atoms with E-state index >= 15 is 4.79 Å². The van der Waals surface area contributed by atoms with Crippen LogP contribution < -0.4 is 0 Å². The molecular formula is C31H34N8O5. The molecule has 44 heavy (non-hydrogen) atoms. The summed E-state index contributed by atoms with van der Waals surface area (Å²) in [6.45, 7) is 0.349. The fraction of sp³-hybridized carbons (Fsp3) is 0.387. The molecule has 13 nitrogen and oxygen atoms in total. The molecule has 0 radical (unpaired) electrons. The maximum absolute atomic E-state index is 15.3. The number of aryl methyl sites for hydroxylation is 2. The number of ketones is 1. The van der Waals surface area contributed by atoms with E-state index in [9.17, 15) is 9.59 Å². The van der Waals surface area contributed by atoms with Gasteiger partial charge in [0.2, 0.25) is 0 Å². The molecule has 0 N–H and O–H groups in total. The highest BCUT2D eigenvalue weighted by molar-refractivity contribution is 6.17. The largest absolute Gasteiger partial charge is 0.468 e. The molecule has 6 heterocycles. The van der Waals surface area contributed by atoms with Gasteiger partial charge >= 0.3 is 11.9 Å². The van der Waals surface area contributed by atoms with E-state index < -0.39 is 40.6 Å². The van der Waals surface area contributed by atoms with Crippen molar-refractivity contribution in [2.24, 2.45) is 24.9 Å². The molecular weight excluding hydrogens is 564 g/mol. The maximum atomic E-state index is 15.3. The summed E-state index contributed by atoms with van der Waals surface area (Å²) in [7, 11) is 6.13. The smallest absolute Gasteiger partial charge is 0.322 e. The lowest BCUT2D eigenvalue weighted by atomic mass is 9.55. The van der Waals surface area contributed by atoms with Gasteiger partial charge in [-0.05, 0) is 24.3 Å². The van der Waals surface area contributed by atoms with Crippen molar-refractivity contribution in [1.82, 2.24) is 38.9 Å². The number of rotatable bonds is 8. The van der Waals surface area contributed by atoms with Crippen LogP contribution in [0.25, 0.3) is 0 Å². The van der Waals surface area contributed by atoms with Gasteiger partial charge in [-0.2, -0.15) is 0 Å². The lowest BCUT2D eigenvalue weighted by molar-refractivity contribution is -0.208. The third kappa shape index (κ3) is 4.42. The highest BCUT2D eigenvalue weighted by Gasteiger charge is 2.76. The van der Waals surface area contributed by atoms with Gasteiger partial charge in [0.1, 0.15) is 11.6 Å². The first kappa shape index (κ1) is 29.3. The van der Waals surface area contributed by atoms with Gasteiger partial charge < -0.3 is 18.6 Å². The van der Waals surface area contributed by atoms with Crippen molar-refractivity contribution in [3.8, 4) is 0 Å². The summed E-state index contributed by atoms with van der Waals surface area (Å²) in [5.41, 5.74) is -2.38. The SMILES string of the molecule is COC(=O)C12CN(Cc3ccccn3)CC(C(=O)OC)(C1=O)C(c1nccn1C)N(Cc1ccccn1)C2c1nccn1C. The zero-order chi connectivity index (χ0) is 31.1. The summed E-state index contributed by atoms with van der Waals surface area (Å²) in [5.74, 6) is -1.20. The number of pyridine rings is 2. The van der Waals surface area contributed by atoms with E-state index in [1.54, 1.807) is 46.3 Å². The molecule has 2 saturated heterocycles. The Hall–Kier alpha value is -4.75. The number of hydrogen-bond donors (Lipinski definition) is 0. The number of methoxy groups -OCH3 is 2. The predicted octanol–water partition coefficient (Wildman–Crippen LogP) is 1.65. The number of aromatic nitrogens is 6. The van der Waals surface area contributed by atoms with E-state index in [0.717, 1.165) is 0 Å². The fourth-order valence-corrected chi connectivity index (χ4v) is 7.05. The zero-order valence-corrected chi connectivity index (χ0v) is 25.0. The van der Waals surface area contributed by atoms with Crippen LogP contribution in [0, 0.1) is 10.8 Å². The number of fused-ring (bicyclic) bond motifs is 2. The van der Waals surface area contributed by atoms with E-state index in [2.05, 4.69) is 19.9 Å². The highest BCUT2D eigenvalue weighted by atomic mass is 16.5. The van der Waals surface area contributed by atoms with Gasteiger partial charge in [0.15, 0.2) is 16.6 Å². The maximum Gasteiger partial charge on any atom is 0.322 e.